The highest BCUT2D eigenvalue weighted by Crippen LogP contribution is 2.33. The molecule has 5 nitrogen and oxygen atoms in total. The van der Waals surface area contributed by atoms with Gasteiger partial charge in [0, 0.05) is 30.3 Å². The summed E-state index contributed by atoms with van der Waals surface area (Å²) in [6.45, 7) is 2.15. The number of hydrogen-bond donors (Lipinski definition) is 2. The van der Waals surface area contributed by atoms with Gasteiger partial charge in [0.2, 0.25) is 0 Å². The average Bonchev–Trinajstić information content (AvgIpc) is 2.76. The van der Waals surface area contributed by atoms with Gasteiger partial charge in [-0.1, -0.05) is 17.7 Å². The second kappa shape index (κ2) is 7.41. The highest BCUT2D eigenvalue weighted by atomic mass is 35.5. The second-order valence-corrected chi connectivity index (χ2v) is 6.75. The molecule has 0 unspecified atom stereocenters. The van der Waals surface area contributed by atoms with Gasteiger partial charge >= 0.3 is 6.03 Å². The maximum atomic E-state index is 12.6. The van der Waals surface area contributed by atoms with Crippen LogP contribution in [-0.4, -0.2) is 42.3 Å². The quantitative estimate of drug-likeness (QED) is 0.871. The number of urea groups is 1. The van der Waals surface area contributed by atoms with Crippen LogP contribution in [0.4, 0.5) is 4.79 Å². The monoisotopic (exact) mass is 338 g/mol. The molecule has 0 bridgehead atoms. The van der Waals surface area contributed by atoms with Crippen molar-refractivity contribution in [3.63, 3.8) is 0 Å². The zero-order valence-corrected chi connectivity index (χ0v) is 13.9. The Morgan fingerprint density at radius 1 is 1.39 bits per heavy atom. The van der Waals surface area contributed by atoms with E-state index in [1.165, 1.54) is 0 Å². The number of likely N-dealkylation sites (tertiary alicyclic amines) is 1. The number of nitrogens with one attached hydrogen (secondary N) is 1. The summed E-state index contributed by atoms with van der Waals surface area (Å²) in [6, 6.07) is 5.45. The van der Waals surface area contributed by atoms with Crippen LogP contribution in [0.1, 0.15) is 37.3 Å². The van der Waals surface area contributed by atoms with Crippen molar-refractivity contribution >= 4 is 17.6 Å². The number of hydrogen-bond acceptors (Lipinski definition) is 3. The molecule has 23 heavy (non-hydrogen) atoms. The number of fused-ring (bicyclic) bond motifs is 1. The molecule has 0 saturated carbocycles. The van der Waals surface area contributed by atoms with Gasteiger partial charge < -0.3 is 20.1 Å². The Morgan fingerprint density at radius 2 is 2.26 bits per heavy atom. The van der Waals surface area contributed by atoms with Crippen LogP contribution in [0.3, 0.4) is 0 Å². The van der Waals surface area contributed by atoms with Crippen molar-refractivity contribution in [2.24, 2.45) is 5.92 Å². The lowest BCUT2D eigenvalue weighted by molar-refractivity contribution is 0.127. The summed E-state index contributed by atoms with van der Waals surface area (Å²) in [5.74, 6) is 0.949. The van der Waals surface area contributed by atoms with Crippen LogP contribution in [0.2, 0.25) is 5.02 Å². The van der Waals surface area contributed by atoms with Gasteiger partial charge in [-0.15, -0.1) is 0 Å². The van der Waals surface area contributed by atoms with Crippen molar-refractivity contribution in [3.8, 4) is 5.75 Å². The maximum Gasteiger partial charge on any atom is 0.317 e. The molecule has 2 aliphatic rings. The Hall–Kier alpha value is -1.46. The van der Waals surface area contributed by atoms with Crippen LogP contribution < -0.4 is 10.1 Å². The molecule has 2 amide bonds. The van der Waals surface area contributed by atoms with E-state index in [1.54, 1.807) is 0 Å². The zero-order valence-electron chi connectivity index (χ0n) is 13.1. The van der Waals surface area contributed by atoms with Gasteiger partial charge in [-0.25, -0.2) is 4.79 Å². The zero-order chi connectivity index (χ0) is 16.2. The molecular formula is C17H23ClN2O3. The van der Waals surface area contributed by atoms with Gasteiger partial charge in [-0.2, -0.15) is 0 Å². The van der Waals surface area contributed by atoms with Crippen LogP contribution in [0.5, 0.6) is 5.75 Å². The van der Waals surface area contributed by atoms with E-state index in [9.17, 15) is 9.90 Å². The van der Waals surface area contributed by atoms with Gasteiger partial charge in [0.1, 0.15) is 5.75 Å². The van der Waals surface area contributed by atoms with E-state index in [1.807, 2.05) is 23.1 Å². The molecule has 126 valence electrons. The number of aliphatic hydroxyl groups excluding tert-OH is 1. The van der Waals surface area contributed by atoms with Crippen LogP contribution >= 0.6 is 11.6 Å². The fraction of sp³-hybridized carbons (Fsp3) is 0.588. The van der Waals surface area contributed by atoms with Gasteiger partial charge in [0.25, 0.3) is 0 Å². The Labute approximate surface area is 141 Å². The second-order valence-electron chi connectivity index (χ2n) is 6.31. The van der Waals surface area contributed by atoms with Crippen LogP contribution in [0, 0.1) is 5.92 Å². The number of carbonyl (C=O) groups is 1. The molecule has 2 atom stereocenters. The minimum Gasteiger partial charge on any atom is -0.493 e. The first kappa shape index (κ1) is 16.4. The van der Waals surface area contributed by atoms with Crippen molar-refractivity contribution in [2.45, 2.75) is 31.7 Å². The van der Waals surface area contributed by atoms with E-state index in [0.717, 1.165) is 43.5 Å². The number of nitrogens with zero attached hydrogens (tertiary/aromatic N) is 1. The smallest absolute Gasteiger partial charge is 0.317 e. The average molecular weight is 339 g/mol. The lowest BCUT2D eigenvalue weighted by atomic mass is 9.99. The normalized spacial score (nSPS) is 24.3. The predicted molar refractivity (Wildman–Crippen MR) is 88.8 cm³/mol. The SMILES string of the molecule is O=C(N[C@@H]1CCCOc2cc(Cl)ccc21)N1CCC[C@@H](CO)C1. The summed E-state index contributed by atoms with van der Waals surface area (Å²) < 4.78 is 5.74. The summed E-state index contributed by atoms with van der Waals surface area (Å²) in [5.41, 5.74) is 0.982. The third-order valence-electron chi connectivity index (χ3n) is 4.61. The van der Waals surface area contributed by atoms with E-state index >= 15 is 0 Å². The summed E-state index contributed by atoms with van der Waals surface area (Å²) in [6.07, 6.45) is 3.66. The molecule has 1 fully saturated rings. The largest absolute Gasteiger partial charge is 0.493 e. The first-order valence-electron chi connectivity index (χ1n) is 8.26. The molecule has 3 rings (SSSR count). The molecule has 0 spiro atoms. The van der Waals surface area contributed by atoms with Crippen LogP contribution in [0.25, 0.3) is 0 Å². The number of piperidine rings is 1. The van der Waals surface area contributed by atoms with Gasteiger partial charge in [0.05, 0.1) is 12.6 Å². The number of carbonyl (C=O) groups excluding carboxylic acids is 1. The number of aliphatic hydroxyl groups is 1. The van der Waals surface area contributed by atoms with Gasteiger partial charge in [-0.3, -0.25) is 0 Å². The van der Waals surface area contributed by atoms with Crippen LogP contribution in [-0.2, 0) is 0 Å². The summed E-state index contributed by atoms with van der Waals surface area (Å²) >= 11 is 6.04. The molecule has 1 aromatic rings. The molecular weight excluding hydrogens is 316 g/mol. The highest BCUT2D eigenvalue weighted by molar-refractivity contribution is 6.30. The lowest BCUT2D eigenvalue weighted by Crippen LogP contribution is -2.47. The van der Waals surface area contributed by atoms with E-state index < -0.39 is 0 Å². The molecule has 2 aliphatic heterocycles. The number of ether oxygens (including phenoxy) is 1. The van der Waals surface area contributed by atoms with Gasteiger partial charge in [0.15, 0.2) is 0 Å². The minimum absolute atomic E-state index is 0.0593. The van der Waals surface area contributed by atoms with Crippen molar-refractivity contribution in [3.05, 3.63) is 28.8 Å². The van der Waals surface area contributed by atoms with Crippen molar-refractivity contribution < 1.29 is 14.6 Å². The fourth-order valence-corrected chi connectivity index (χ4v) is 3.50. The van der Waals surface area contributed by atoms with E-state index in [0.29, 0.717) is 18.2 Å². The summed E-state index contributed by atoms with van der Waals surface area (Å²) in [7, 11) is 0. The van der Waals surface area contributed by atoms with E-state index in [-0.39, 0.29) is 24.6 Å². The van der Waals surface area contributed by atoms with E-state index in [4.69, 9.17) is 16.3 Å². The Balaban J connectivity index is 1.71. The van der Waals surface area contributed by atoms with E-state index in [2.05, 4.69) is 5.32 Å². The number of halogens is 1. The number of rotatable bonds is 2. The Bertz CT molecular complexity index is 567. The minimum atomic E-state index is -0.0632. The van der Waals surface area contributed by atoms with Crippen molar-refractivity contribution in [1.82, 2.24) is 10.2 Å². The molecule has 0 aromatic heterocycles. The third-order valence-corrected chi connectivity index (χ3v) is 4.84. The molecule has 2 N–H and O–H groups in total. The first-order valence-corrected chi connectivity index (χ1v) is 8.63. The predicted octanol–water partition coefficient (Wildman–Crippen LogP) is 2.97. The summed E-state index contributed by atoms with van der Waals surface area (Å²) in [4.78, 5) is 14.4. The third kappa shape index (κ3) is 3.90. The molecule has 0 aliphatic carbocycles. The molecule has 2 heterocycles. The highest BCUT2D eigenvalue weighted by Gasteiger charge is 2.27. The molecule has 1 saturated heterocycles. The molecule has 0 radical (unpaired) electrons. The number of amides is 2. The van der Waals surface area contributed by atoms with Gasteiger partial charge in [-0.05, 0) is 43.7 Å². The first-order chi connectivity index (χ1) is 11.2. The number of benzene rings is 1. The topological polar surface area (TPSA) is 61.8 Å². The Morgan fingerprint density at radius 3 is 3.09 bits per heavy atom. The fourth-order valence-electron chi connectivity index (χ4n) is 3.33. The van der Waals surface area contributed by atoms with Crippen LogP contribution in [0.15, 0.2) is 18.2 Å². The standard InChI is InChI=1S/C17H23ClN2O3/c18-13-5-6-14-15(4-2-8-23-16(14)9-13)19-17(22)20-7-1-3-12(10-20)11-21/h5-6,9,12,15,21H,1-4,7-8,10-11H2,(H,19,22)/t12-,15-/m1/s1. The Kier molecular flexibility index (Phi) is 5.28. The summed E-state index contributed by atoms with van der Waals surface area (Å²) in [5, 5.41) is 13.1. The van der Waals surface area contributed by atoms with Crippen molar-refractivity contribution in [2.75, 3.05) is 26.3 Å². The lowest BCUT2D eigenvalue weighted by Gasteiger charge is -2.33. The maximum absolute atomic E-state index is 12.6. The van der Waals surface area contributed by atoms with Crippen molar-refractivity contribution in [1.29, 1.82) is 0 Å². The molecule has 6 heteroatoms. The molecule has 1 aromatic carbocycles.